The van der Waals surface area contributed by atoms with Crippen LogP contribution in [-0.4, -0.2) is 19.3 Å². The first-order chi connectivity index (χ1) is 11.4. The zero-order valence-electron chi connectivity index (χ0n) is 12.3. The van der Waals surface area contributed by atoms with Crippen LogP contribution in [0.5, 0.6) is 0 Å². The van der Waals surface area contributed by atoms with Crippen molar-refractivity contribution in [2.75, 3.05) is 0 Å². The number of nitrogens with one attached hydrogen (secondary N) is 1. The first-order valence-electron chi connectivity index (χ1n) is 7.58. The number of nitrogens with zero attached hydrogens (tertiary/aromatic N) is 3. The molecule has 23 heavy (non-hydrogen) atoms. The number of hydrogen-bond acceptors (Lipinski definition) is 1. The molecule has 5 aromatic rings. The Kier molecular flexibility index (Phi) is 2.46. The molecule has 5 rings (SSSR count). The second-order valence-electron chi connectivity index (χ2n) is 5.60. The molecule has 0 aliphatic rings. The predicted octanol–water partition coefficient (Wildman–Crippen LogP) is 4.30. The van der Waals surface area contributed by atoms with Crippen LogP contribution in [0.25, 0.3) is 33.4 Å². The highest BCUT2D eigenvalue weighted by molar-refractivity contribution is 5.83. The molecule has 4 heteroatoms. The summed E-state index contributed by atoms with van der Waals surface area (Å²) in [6.45, 7) is 0. The summed E-state index contributed by atoms with van der Waals surface area (Å²) in [5.74, 6) is 1.85. The van der Waals surface area contributed by atoms with E-state index in [1.807, 2.05) is 6.07 Å². The van der Waals surface area contributed by atoms with Crippen LogP contribution < -0.4 is 0 Å². The van der Waals surface area contributed by atoms with Crippen molar-refractivity contribution in [3.63, 3.8) is 0 Å². The van der Waals surface area contributed by atoms with Crippen molar-refractivity contribution in [1.82, 2.24) is 19.3 Å². The fourth-order valence-electron chi connectivity index (χ4n) is 3.12. The Bertz CT molecular complexity index is 1040. The third kappa shape index (κ3) is 1.82. The normalized spacial score (nSPS) is 11.5. The van der Waals surface area contributed by atoms with E-state index in [1.54, 1.807) is 0 Å². The van der Waals surface area contributed by atoms with Crippen molar-refractivity contribution in [1.29, 1.82) is 0 Å². The van der Waals surface area contributed by atoms with Gasteiger partial charge in [0, 0.05) is 18.5 Å². The second-order valence-corrected chi connectivity index (χ2v) is 5.60. The number of aromatic nitrogens is 4. The summed E-state index contributed by atoms with van der Waals surface area (Å²) in [4.78, 5) is 0. The molecule has 4 nitrogen and oxygen atoms in total. The monoisotopic (exact) mass is 298 g/mol. The molecule has 0 saturated carbocycles. The highest BCUT2D eigenvalue weighted by Gasteiger charge is 2.09. The third-order valence-electron chi connectivity index (χ3n) is 4.26. The zero-order valence-corrected chi connectivity index (χ0v) is 12.3. The molecule has 0 aliphatic heterocycles. The Morgan fingerprint density at radius 3 is 2.04 bits per heavy atom. The topological polar surface area (TPSA) is 38.5 Å². The maximum atomic E-state index is 4.49. The fraction of sp³-hybridized carbons (Fsp3) is 0. The molecule has 1 N–H and O–H groups in total. The second kappa shape index (κ2) is 4.61. The van der Waals surface area contributed by atoms with Crippen LogP contribution in [0.3, 0.4) is 0 Å². The van der Waals surface area contributed by atoms with Gasteiger partial charge in [-0.3, -0.25) is 9.67 Å². The molecule has 0 atom stereocenters. The van der Waals surface area contributed by atoms with E-state index < -0.39 is 0 Å². The Hall–Kier alpha value is -3.27. The summed E-state index contributed by atoms with van der Waals surface area (Å²) in [6.07, 6.45) is 4.12. The van der Waals surface area contributed by atoms with Gasteiger partial charge in [0.2, 0.25) is 0 Å². The molecule has 0 spiro atoms. The predicted molar refractivity (Wildman–Crippen MR) is 92.3 cm³/mol. The van der Waals surface area contributed by atoms with Gasteiger partial charge in [0.1, 0.15) is 5.82 Å². The quantitative estimate of drug-likeness (QED) is 0.518. The minimum Gasteiger partial charge on any atom is -0.302 e. The largest absolute Gasteiger partial charge is 0.302 e. The van der Waals surface area contributed by atoms with Gasteiger partial charge >= 0.3 is 0 Å². The van der Waals surface area contributed by atoms with Gasteiger partial charge in [-0.05, 0) is 35.0 Å². The molecule has 3 aromatic heterocycles. The van der Waals surface area contributed by atoms with E-state index in [4.69, 9.17) is 0 Å². The van der Waals surface area contributed by atoms with Gasteiger partial charge in [0.05, 0.1) is 11.0 Å². The SMILES string of the molecule is c1ccc2c(c1)ccn2-c1cc(-n2ccc3ccccc32)[nH]n1. The molecule has 0 radical (unpaired) electrons. The standard InChI is InChI=1S/C19H14N4/c1-3-7-16-14(5-1)9-11-22(16)18-13-19(21-20-18)23-12-10-15-6-2-4-8-17(15)23/h1-13H,(H,20,21). The summed E-state index contributed by atoms with van der Waals surface area (Å²) in [5, 5.41) is 10.1. The number of fused-ring (bicyclic) bond motifs is 2. The van der Waals surface area contributed by atoms with Gasteiger partial charge in [0.25, 0.3) is 0 Å². The van der Waals surface area contributed by atoms with E-state index in [9.17, 15) is 0 Å². The number of H-pyrrole nitrogens is 1. The third-order valence-corrected chi connectivity index (χ3v) is 4.26. The van der Waals surface area contributed by atoms with Crippen LogP contribution in [0.4, 0.5) is 0 Å². The molecule has 0 saturated heterocycles. The maximum Gasteiger partial charge on any atom is 0.161 e. The van der Waals surface area contributed by atoms with Crippen molar-refractivity contribution in [3.8, 4) is 11.6 Å². The van der Waals surface area contributed by atoms with Gasteiger partial charge in [0.15, 0.2) is 5.82 Å². The molecular formula is C19H14N4. The minimum absolute atomic E-state index is 0.888. The molecule has 0 bridgehead atoms. The van der Waals surface area contributed by atoms with Crippen molar-refractivity contribution < 1.29 is 0 Å². The van der Waals surface area contributed by atoms with Crippen LogP contribution in [0.15, 0.2) is 79.1 Å². The number of para-hydroxylation sites is 2. The fourth-order valence-corrected chi connectivity index (χ4v) is 3.12. The summed E-state index contributed by atoms with van der Waals surface area (Å²) in [5.41, 5.74) is 2.32. The van der Waals surface area contributed by atoms with E-state index in [2.05, 4.69) is 92.4 Å². The minimum atomic E-state index is 0.888. The summed E-state index contributed by atoms with van der Waals surface area (Å²) in [7, 11) is 0. The first kappa shape index (κ1) is 12.3. The Morgan fingerprint density at radius 2 is 1.30 bits per heavy atom. The molecule has 0 fully saturated rings. The zero-order chi connectivity index (χ0) is 15.2. The molecule has 0 aliphatic carbocycles. The van der Waals surface area contributed by atoms with Crippen molar-refractivity contribution in [2.45, 2.75) is 0 Å². The Balaban J connectivity index is 1.66. The molecule has 3 heterocycles. The van der Waals surface area contributed by atoms with E-state index >= 15 is 0 Å². The first-order valence-corrected chi connectivity index (χ1v) is 7.58. The number of hydrogen-bond donors (Lipinski definition) is 1. The van der Waals surface area contributed by atoms with Gasteiger partial charge in [-0.2, -0.15) is 5.10 Å². The molecular weight excluding hydrogens is 284 g/mol. The van der Waals surface area contributed by atoms with Gasteiger partial charge in [-0.25, -0.2) is 0 Å². The van der Waals surface area contributed by atoms with Crippen molar-refractivity contribution in [2.24, 2.45) is 0 Å². The lowest BCUT2D eigenvalue weighted by Gasteiger charge is -2.01. The van der Waals surface area contributed by atoms with E-state index in [-0.39, 0.29) is 0 Å². The molecule has 0 amide bonds. The Morgan fingerprint density at radius 1 is 0.696 bits per heavy atom. The van der Waals surface area contributed by atoms with Crippen LogP contribution in [0.2, 0.25) is 0 Å². The lowest BCUT2D eigenvalue weighted by atomic mass is 10.2. The summed E-state index contributed by atoms with van der Waals surface area (Å²) in [6, 6.07) is 22.9. The van der Waals surface area contributed by atoms with Gasteiger partial charge in [-0.1, -0.05) is 36.4 Å². The number of aromatic amines is 1. The summed E-state index contributed by atoms with van der Waals surface area (Å²) < 4.78 is 4.22. The lowest BCUT2D eigenvalue weighted by molar-refractivity contribution is 0.955. The average Bonchev–Trinajstić information content (AvgIpc) is 3.31. The average molecular weight is 298 g/mol. The number of rotatable bonds is 2. The van der Waals surface area contributed by atoms with Crippen molar-refractivity contribution in [3.05, 3.63) is 79.1 Å². The smallest absolute Gasteiger partial charge is 0.161 e. The van der Waals surface area contributed by atoms with Crippen LogP contribution in [0.1, 0.15) is 0 Å². The van der Waals surface area contributed by atoms with Crippen LogP contribution in [-0.2, 0) is 0 Å². The molecule has 0 unspecified atom stereocenters. The summed E-state index contributed by atoms with van der Waals surface area (Å²) >= 11 is 0. The highest BCUT2D eigenvalue weighted by atomic mass is 15.3. The van der Waals surface area contributed by atoms with Gasteiger partial charge in [-0.15, -0.1) is 0 Å². The Labute approximate surface area is 132 Å². The highest BCUT2D eigenvalue weighted by Crippen LogP contribution is 2.23. The maximum absolute atomic E-state index is 4.49. The van der Waals surface area contributed by atoms with E-state index in [1.165, 1.54) is 16.3 Å². The van der Waals surface area contributed by atoms with Crippen LogP contribution >= 0.6 is 0 Å². The van der Waals surface area contributed by atoms with Crippen molar-refractivity contribution >= 4 is 21.8 Å². The van der Waals surface area contributed by atoms with Crippen LogP contribution in [0, 0.1) is 0 Å². The molecule has 110 valence electrons. The number of benzene rings is 2. The van der Waals surface area contributed by atoms with E-state index in [0.29, 0.717) is 0 Å². The van der Waals surface area contributed by atoms with E-state index in [0.717, 1.165) is 17.2 Å². The lowest BCUT2D eigenvalue weighted by Crippen LogP contribution is -1.91. The molecule has 2 aromatic carbocycles. The van der Waals surface area contributed by atoms with Gasteiger partial charge < -0.3 is 4.57 Å².